The maximum absolute atomic E-state index is 13.3. The number of carbonyl (C=O) groups excluding carboxylic acids is 1. The number of aryl methyl sites for hydroxylation is 2. The number of hydrogen-bond acceptors (Lipinski definition) is 4. The van der Waals surface area contributed by atoms with Crippen LogP contribution < -0.4 is 10.2 Å². The molecule has 6 heteroatoms. The first kappa shape index (κ1) is 16.2. The number of thiophene rings is 1. The molecule has 0 radical (unpaired) electrons. The Labute approximate surface area is 132 Å². The third kappa shape index (κ3) is 4.14. The maximum Gasteiger partial charge on any atom is 0.277 e. The molecule has 0 aliphatic carbocycles. The van der Waals surface area contributed by atoms with Crippen molar-refractivity contribution in [2.45, 2.75) is 20.8 Å². The minimum Gasteiger partial charge on any atom is -0.481 e. The lowest BCUT2D eigenvalue weighted by molar-refractivity contribution is -0.123. The minimum absolute atomic E-state index is 0.0441. The number of amides is 1. The lowest BCUT2D eigenvalue weighted by atomic mass is 10.2. The molecule has 22 heavy (non-hydrogen) atoms. The number of para-hydroxylation sites is 1. The van der Waals surface area contributed by atoms with E-state index in [1.54, 1.807) is 23.5 Å². The van der Waals surface area contributed by atoms with Crippen LogP contribution in [0.25, 0.3) is 0 Å². The Kier molecular flexibility index (Phi) is 5.27. The summed E-state index contributed by atoms with van der Waals surface area (Å²) in [4.78, 5) is 14.0. The molecular weight excluding hydrogens is 303 g/mol. The SMILES string of the molecule is C/C(=N/NC(=O)COc1ccccc1F)c1cc(C)sc1C. The summed E-state index contributed by atoms with van der Waals surface area (Å²) in [5, 5.41) is 4.05. The van der Waals surface area contributed by atoms with Gasteiger partial charge >= 0.3 is 0 Å². The standard InChI is InChI=1S/C16H17FN2O2S/c1-10-8-13(12(3)22-10)11(2)18-19-16(20)9-21-15-7-5-4-6-14(15)17/h4-8H,9H2,1-3H3,(H,19,20)/b18-11-. The van der Waals surface area contributed by atoms with Gasteiger partial charge in [0.1, 0.15) is 0 Å². The van der Waals surface area contributed by atoms with E-state index in [-0.39, 0.29) is 12.4 Å². The number of nitrogens with one attached hydrogen (secondary N) is 1. The molecule has 1 heterocycles. The van der Waals surface area contributed by atoms with Gasteiger partial charge in [-0.15, -0.1) is 11.3 Å². The summed E-state index contributed by atoms with van der Waals surface area (Å²) in [6.07, 6.45) is 0. The van der Waals surface area contributed by atoms with Gasteiger partial charge in [-0.1, -0.05) is 12.1 Å². The van der Waals surface area contributed by atoms with Crippen LogP contribution in [0.1, 0.15) is 22.2 Å². The number of carbonyl (C=O) groups is 1. The molecule has 1 N–H and O–H groups in total. The second-order valence-corrected chi connectivity index (χ2v) is 6.24. The van der Waals surface area contributed by atoms with Crippen molar-refractivity contribution in [3.05, 3.63) is 51.5 Å². The summed E-state index contributed by atoms with van der Waals surface area (Å²) in [7, 11) is 0. The zero-order valence-corrected chi connectivity index (χ0v) is 13.5. The molecule has 0 saturated heterocycles. The Balaban J connectivity index is 1.91. The number of hydrogen-bond donors (Lipinski definition) is 1. The van der Waals surface area contributed by atoms with E-state index in [0.29, 0.717) is 0 Å². The number of hydrazone groups is 1. The summed E-state index contributed by atoms with van der Waals surface area (Å²) in [6.45, 7) is 5.57. The Hall–Kier alpha value is -2.21. The molecule has 2 aromatic rings. The monoisotopic (exact) mass is 320 g/mol. The van der Waals surface area contributed by atoms with Gasteiger partial charge in [-0.25, -0.2) is 9.82 Å². The first-order chi connectivity index (χ1) is 10.5. The third-order valence-corrected chi connectivity index (χ3v) is 3.94. The molecule has 116 valence electrons. The Morgan fingerprint density at radius 1 is 1.36 bits per heavy atom. The summed E-state index contributed by atoms with van der Waals surface area (Å²) in [5.41, 5.74) is 4.15. The molecule has 4 nitrogen and oxygen atoms in total. The van der Waals surface area contributed by atoms with Crippen molar-refractivity contribution in [3.63, 3.8) is 0 Å². The number of ether oxygens (including phenoxy) is 1. The van der Waals surface area contributed by atoms with Crippen molar-refractivity contribution in [3.8, 4) is 5.75 Å². The van der Waals surface area contributed by atoms with Gasteiger partial charge in [0, 0.05) is 15.3 Å². The van der Waals surface area contributed by atoms with Gasteiger partial charge in [-0.05, 0) is 39.0 Å². The molecule has 0 fully saturated rings. The van der Waals surface area contributed by atoms with Gasteiger partial charge in [0.15, 0.2) is 18.2 Å². The van der Waals surface area contributed by atoms with Gasteiger partial charge in [-0.3, -0.25) is 4.79 Å². The van der Waals surface area contributed by atoms with E-state index in [1.165, 1.54) is 17.0 Å². The van der Waals surface area contributed by atoms with Crippen molar-refractivity contribution >= 4 is 23.0 Å². The molecule has 1 aromatic heterocycles. The fourth-order valence-corrected chi connectivity index (χ4v) is 2.91. The molecule has 0 unspecified atom stereocenters. The van der Waals surface area contributed by atoms with Crippen LogP contribution in [-0.2, 0) is 4.79 Å². The van der Waals surface area contributed by atoms with E-state index in [1.807, 2.05) is 26.8 Å². The first-order valence-corrected chi connectivity index (χ1v) is 7.57. The van der Waals surface area contributed by atoms with E-state index >= 15 is 0 Å². The number of benzene rings is 1. The third-order valence-electron chi connectivity index (χ3n) is 2.97. The molecule has 1 aromatic carbocycles. The maximum atomic E-state index is 13.3. The summed E-state index contributed by atoms with van der Waals surface area (Å²) in [6, 6.07) is 7.97. The number of halogens is 1. The van der Waals surface area contributed by atoms with Crippen LogP contribution >= 0.6 is 11.3 Å². The smallest absolute Gasteiger partial charge is 0.277 e. The minimum atomic E-state index is -0.501. The fourth-order valence-electron chi connectivity index (χ4n) is 1.93. The van der Waals surface area contributed by atoms with E-state index in [9.17, 15) is 9.18 Å². The van der Waals surface area contributed by atoms with Gasteiger partial charge in [-0.2, -0.15) is 5.10 Å². The highest BCUT2D eigenvalue weighted by Gasteiger charge is 2.08. The van der Waals surface area contributed by atoms with E-state index < -0.39 is 11.7 Å². The molecule has 1 amide bonds. The van der Waals surface area contributed by atoms with Crippen LogP contribution in [0.2, 0.25) is 0 Å². The Morgan fingerprint density at radius 2 is 2.09 bits per heavy atom. The van der Waals surface area contributed by atoms with Crippen LogP contribution in [0.15, 0.2) is 35.4 Å². The van der Waals surface area contributed by atoms with Crippen LogP contribution in [0.5, 0.6) is 5.75 Å². The highest BCUT2D eigenvalue weighted by molar-refractivity contribution is 7.12. The second kappa shape index (κ2) is 7.17. The lowest BCUT2D eigenvalue weighted by Gasteiger charge is -2.06. The molecule has 2 rings (SSSR count). The van der Waals surface area contributed by atoms with Crippen LogP contribution in [0.4, 0.5) is 4.39 Å². The Morgan fingerprint density at radius 3 is 2.73 bits per heavy atom. The quantitative estimate of drug-likeness (QED) is 0.678. The number of rotatable bonds is 5. The van der Waals surface area contributed by atoms with Gasteiger partial charge in [0.25, 0.3) is 5.91 Å². The normalized spacial score (nSPS) is 11.4. The Bertz CT molecular complexity index is 710. The second-order valence-electron chi connectivity index (χ2n) is 4.78. The zero-order valence-electron chi connectivity index (χ0n) is 12.6. The van der Waals surface area contributed by atoms with E-state index in [4.69, 9.17) is 4.74 Å². The van der Waals surface area contributed by atoms with Gasteiger partial charge < -0.3 is 4.74 Å². The van der Waals surface area contributed by atoms with Crippen molar-refractivity contribution in [2.75, 3.05) is 6.61 Å². The van der Waals surface area contributed by atoms with Crippen molar-refractivity contribution in [2.24, 2.45) is 5.10 Å². The molecule has 0 aliphatic heterocycles. The lowest BCUT2D eigenvalue weighted by Crippen LogP contribution is -2.25. The highest BCUT2D eigenvalue weighted by atomic mass is 32.1. The number of nitrogens with zero attached hydrogens (tertiary/aromatic N) is 1. The molecule has 0 bridgehead atoms. The highest BCUT2D eigenvalue weighted by Crippen LogP contribution is 2.21. The zero-order chi connectivity index (χ0) is 16.1. The van der Waals surface area contributed by atoms with E-state index in [2.05, 4.69) is 10.5 Å². The first-order valence-electron chi connectivity index (χ1n) is 6.75. The average molecular weight is 320 g/mol. The van der Waals surface area contributed by atoms with Crippen LogP contribution in [0.3, 0.4) is 0 Å². The molecule has 0 saturated carbocycles. The molecule has 0 atom stereocenters. The van der Waals surface area contributed by atoms with Gasteiger partial charge in [0.2, 0.25) is 0 Å². The predicted octanol–water partition coefficient (Wildman–Crippen LogP) is 3.42. The van der Waals surface area contributed by atoms with Crippen LogP contribution in [0, 0.1) is 19.7 Å². The molecular formula is C16H17FN2O2S. The van der Waals surface area contributed by atoms with E-state index in [0.717, 1.165) is 16.2 Å². The molecule has 0 aliphatic rings. The predicted molar refractivity (Wildman–Crippen MR) is 86.0 cm³/mol. The topological polar surface area (TPSA) is 50.7 Å². The van der Waals surface area contributed by atoms with Gasteiger partial charge in [0.05, 0.1) is 5.71 Å². The molecule has 0 spiro atoms. The van der Waals surface area contributed by atoms with Crippen molar-refractivity contribution < 1.29 is 13.9 Å². The average Bonchev–Trinajstić information content (AvgIpc) is 2.82. The summed E-state index contributed by atoms with van der Waals surface area (Å²) in [5.74, 6) is -0.894. The fraction of sp³-hybridized carbons (Fsp3) is 0.250. The largest absolute Gasteiger partial charge is 0.481 e. The summed E-state index contributed by atoms with van der Waals surface area (Å²) >= 11 is 1.68. The summed E-state index contributed by atoms with van der Waals surface area (Å²) < 4.78 is 18.4. The van der Waals surface area contributed by atoms with Crippen molar-refractivity contribution in [1.82, 2.24) is 5.43 Å². The van der Waals surface area contributed by atoms with Crippen molar-refractivity contribution in [1.29, 1.82) is 0 Å². The van der Waals surface area contributed by atoms with Crippen LogP contribution in [-0.4, -0.2) is 18.2 Å².